The molecular weight excluding hydrogens is 244 g/mol. The third-order valence-electron chi connectivity index (χ3n) is 3.06. The average Bonchev–Trinajstić information content (AvgIpc) is 2.34. The van der Waals surface area contributed by atoms with Gasteiger partial charge in [-0.2, -0.15) is 0 Å². The third kappa shape index (κ3) is 3.36. The van der Waals surface area contributed by atoms with Crippen molar-refractivity contribution < 1.29 is 19.8 Å². The molecule has 0 spiro atoms. The number of hydrogen-bond acceptors (Lipinski definition) is 4. The Morgan fingerprint density at radius 2 is 2.11 bits per heavy atom. The quantitative estimate of drug-likeness (QED) is 0.593. The summed E-state index contributed by atoms with van der Waals surface area (Å²) in [6.45, 7) is 6.65. The molecule has 19 heavy (non-hydrogen) atoms. The Balaban J connectivity index is 2.94. The Bertz CT molecular complexity index is 492. The molecule has 0 amide bonds. The fourth-order valence-corrected chi connectivity index (χ4v) is 1.76. The zero-order chi connectivity index (χ0) is 14.6. The minimum absolute atomic E-state index is 0.0285. The molecule has 1 rings (SSSR count). The number of aliphatic hydroxyl groups excluding tert-OH is 1. The highest BCUT2D eigenvalue weighted by molar-refractivity contribution is 6.09. The van der Waals surface area contributed by atoms with Crippen molar-refractivity contribution in [1.29, 1.82) is 0 Å². The molecule has 0 saturated heterocycles. The van der Waals surface area contributed by atoms with Gasteiger partial charge >= 0.3 is 0 Å². The number of rotatable bonds is 3. The molecular formula is C15H18O4. The van der Waals surface area contributed by atoms with Gasteiger partial charge in [0.15, 0.2) is 17.2 Å². The first-order chi connectivity index (χ1) is 8.80. The van der Waals surface area contributed by atoms with Gasteiger partial charge in [-0.05, 0) is 31.6 Å². The highest BCUT2D eigenvalue weighted by atomic mass is 16.3. The molecule has 1 aliphatic rings. The van der Waals surface area contributed by atoms with Gasteiger partial charge < -0.3 is 10.2 Å². The molecule has 1 aliphatic carbocycles. The molecule has 4 nitrogen and oxygen atoms in total. The van der Waals surface area contributed by atoms with E-state index in [1.807, 2.05) is 6.92 Å². The summed E-state index contributed by atoms with van der Waals surface area (Å²) in [7, 11) is 0. The maximum absolute atomic E-state index is 11.8. The van der Waals surface area contributed by atoms with E-state index in [1.165, 1.54) is 19.1 Å². The molecule has 0 aromatic heterocycles. The van der Waals surface area contributed by atoms with Crippen LogP contribution in [0.2, 0.25) is 0 Å². The lowest BCUT2D eigenvalue weighted by Gasteiger charge is -2.34. The number of Topliss-reactive ketones (excluding diaryl/α,β-unsaturated/α-hetero) is 1. The molecule has 0 aromatic carbocycles. The third-order valence-corrected chi connectivity index (χ3v) is 3.06. The SMILES string of the molecule is C=C1C(=O)[C@](C)(O)[C@H](O)C/C1=C/C(=O)/C=C/C=C/C. The summed E-state index contributed by atoms with van der Waals surface area (Å²) in [4.78, 5) is 23.4. The Morgan fingerprint density at radius 3 is 2.68 bits per heavy atom. The van der Waals surface area contributed by atoms with E-state index in [9.17, 15) is 19.8 Å². The highest BCUT2D eigenvalue weighted by Crippen LogP contribution is 2.32. The van der Waals surface area contributed by atoms with Crippen LogP contribution >= 0.6 is 0 Å². The Labute approximate surface area is 112 Å². The summed E-state index contributed by atoms with van der Waals surface area (Å²) >= 11 is 0. The molecule has 2 atom stereocenters. The van der Waals surface area contributed by atoms with E-state index in [1.54, 1.807) is 18.2 Å². The minimum Gasteiger partial charge on any atom is -0.389 e. The number of ketones is 2. The minimum atomic E-state index is -1.84. The van der Waals surface area contributed by atoms with Crippen molar-refractivity contribution in [1.82, 2.24) is 0 Å². The molecule has 0 radical (unpaired) electrons. The van der Waals surface area contributed by atoms with Crippen molar-refractivity contribution in [2.45, 2.75) is 32.0 Å². The van der Waals surface area contributed by atoms with Gasteiger partial charge in [0.1, 0.15) is 0 Å². The van der Waals surface area contributed by atoms with Gasteiger partial charge in [-0.25, -0.2) is 0 Å². The first kappa shape index (κ1) is 15.3. The van der Waals surface area contributed by atoms with Crippen LogP contribution in [-0.2, 0) is 9.59 Å². The maximum Gasteiger partial charge on any atom is 0.196 e. The van der Waals surface area contributed by atoms with Crippen molar-refractivity contribution in [3.05, 3.63) is 48.1 Å². The fourth-order valence-electron chi connectivity index (χ4n) is 1.76. The lowest BCUT2D eigenvalue weighted by molar-refractivity contribution is -0.145. The van der Waals surface area contributed by atoms with Crippen LogP contribution in [0.4, 0.5) is 0 Å². The second kappa shape index (κ2) is 5.91. The average molecular weight is 262 g/mol. The summed E-state index contributed by atoms with van der Waals surface area (Å²) in [6.07, 6.45) is 6.48. The number of allylic oxidation sites excluding steroid dienone is 5. The summed E-state index contributed by atoms with van der Waals surface area (Å²) < 4.78 is 0. The van der Waals surface area contributed by atoms with Crippen LogP contribution in [0, 0.1) is 0 Å². The van der Waals surface area contributed by atoms with E-state index in [2.05, 4.69) is 6.58 Å². The summed E-state index contributed by atoms with van der Waals surface area (Å²) in [5.41, 5.74) is -1.40. The molecule has 0 heterocycles. The van der Waals surface area contributed by atoms with E-state index >= 15 is 0 Å². The zero-order valence-electron chi connectivity index (χ0n) is 11.1. The Morgan fingerprint density at radius 1 is 1.47 bits per heavy atom. The van der Waals surface area contributed by atoms with Gasteiger partial charge in [0.2, 0.25) is 0 Å². The van der Waals surface area contributed by atoms with Crippen LogP contribution < -0.4 is 0 Å². The largest absolute Gasteiger partial charge is 0.389 e. The van der Waals surface area contributed by atoms with E-state index in [-0.39, 0.29) is 17.8 Å². The number of carbonyl (C=O) groups is 2. The molecule has 0 aromatic rings. The zero-order valence-corrected chi connectivity index (χ0v) is 11.1. The van der Waals surface area contributed by atoms with Crippen molar-refractivity contribution in [2.24, 2.45) is 0 Å². The van der Waals surface area contributed by atoms with Crippen LogP contribution in [0.25, 0.3) is 0 Å². The summed E-state index contributed by atoms with van der Waals surface area (Å²) in [5, 5.41) is 19.5. The van der Waals surface area contributed by atoms with E-state index < -0.39 is 17.5 Å². The predicted molar refractivity (Wildman–Crippen MR) is 72.4 cm³/mol. The summed E-state index contributed by atoms with van der Waals surface area (Å²) in [6, 6.07) is 0. The van der Waals surface area contributed by atoms with E-state index in [4.69, 9.17) is 0 Å². The van der Waals surface area contributed by atoms with Crippen LogP contribution in [0.15, 0.2) is 48.1 Å². The van der Waals surface area contributed by atoms with Gasteiger partial charge in [0, 0.05) is 12.0 Å². The van der Waals surface area contributed by atoms with Gasteiger partial charge in [-0.15, -0.1) is 0 Å². The Hall–Kier alpha value is -1.78. The number of hydrogen-bond donors (Lipinski definition) is 2. The molecule has 0 unspecified atom stereocenters. The van der Waals surface area contributed by atoms with Gasteiger partial charge in [0.25, 0.3) is 0 Å². The monoisotopic (exact) mass is 262 g/mol. The second-order valence-electron chi connectivity index (χ2n) is 4.63. The van der Waals surface area contributed by atoms with Crippen molar-refractivity contribution in [3.63, 3.8) is 0 Å². The smallest absolute Gasteiger partial charge is 0.196 e. The second-order valence-corrected chi connectivity index (χ2v) is 4.63. The lowest BCUT2D eigenvalue weighted by Crippen LogP contribution is -2.51. The number of carbonyl (C=O) groups excluding carboxylic acids is 2. The molecule has 4 heteroatoms. The summed E-state index contributed by atoms with van der Waals surface area (Å²) in [5.74, 6) is -0.946. The fraction of sp³-hybridized carbons (Fsp3) is 0.333. The Kier molecular flexibility index (Phi) is 4.75. The number of aliphatic hydroxyl groups is 2. The molecule has 0 bridgehead atoms. The van der Waals surface area contributed by atoms with E-state index in [0.29, 0.717) is 5.57 Å². The van der Waals surface area contributed by atoms with Crippen molar-refractivity contribution >= 4 is 11.6 Å². The topological polar surface area (TPSA) is 74.6 Å². The first-order valence-corrected chi connectivity index (χ1v) is 5.99. The van der Waals surface area contributed by atoms with Gasteiger partial charge in [0.05, 0.1) is 6.10 Å². The molecule has 0 aliphatic heterocycles. The van der Waals surface area contributed by atoms with Crippen molar-refractivity contribution in [3.8, 4) is 0 Å². The van der Waals surface area contributed by atoms with Gasteiger partial charge in [-0.3, -0.25) is 9.59 Å². The first-order valence-electron chi connectivity index (χ1n) is 5.99. The normalized spacial score (nSPS) is 30.7. The van der Waals surface area contributed by atoms with Crippen LogP contribution in [0.1, 0.15) is 20.3 Å². The van der Waals surface area contributed by atoms with E-state index in [0.717, 1.165) is 0 Å². The van der Waals surface area contributed by atoms with Crippen LogP contribution in [0.5, 0.6) is 0 Å². The molecule has 2 N–H and O–H groups in total. The lowest BCUT2D eigenvalue weighted by atomic mass is 9.77. The predicted octanol–water partition coefficient (Wildman–Crippen LogP) is 1.26. The van der Waals surface area contributed by atoms with Gasteiger partial charge in [-0.1, -0.05) is 24.8 Å². The van der Waals surface area contributed by atoms with Crippen molar-refractivity contribution in [2.75, 3.05) is 0 Å². The van der Waals surface area contributed by atoms with Crippen LogP contribution in [0.3, 0.4) is 0 Å². The molecule has 1 saturated carbocycles. The van der Waals surface area contributed by atoms with Crippen LogP contribution in [-0.4, -0.2) is 33.5 Å². The molecule has 102 valence electrons. The maximum atomic E-state index is 11.8. The highest BCUT2D eigenvalue weighted by Gasteiger charge is 2.44. The molecule has 1 fully saturated rings. The standard InChI is InChI=1S/C15H18O4/c1-4-5-6-7-12(16)8-11-9-13(17)15(3,19)14(18)10(11)2/h4-8,13,17,19H,2,9H2,1,3H3/b5-4+,7-6+,11-8-/t13-,15-/m1/s1.